The molecule has 0 bridgehead atoms. The first-order valence-corrected chi connectivity index (χ1v) is 10.2. The number of hydrogen-bond donors (Lipinski definition) is 2. The van der Waals surface area contributed by atoms with Crippen LogP contribution in [-0.4, -0.2) is 47.2 Å². The van der Waals surface area contributed by atoms with E-state index in [2.05, 4.69) is 10.3 Å². The number of nitrogens with two attached hydrogens (primary N) is 1. The molecule has 152 valence electrons. The highest BCUT2D eigenvalue weighted by atomic mass is 32.1. The number of alkyl halides is 1. The van der Waals surface area contributed by atoms with E-state index in [-0.39, 0.29) is 25.1 Å². The Labute approximate surface area is 171 Å². The Morgan fingerprint density at radius 3 is 2.97 bits per heavy atom. The third-order valence-corrected chi connectivity index (χ3v) is 6.16. The number of aromatic nitrogens is 1. The molecule has 1 atom stereocenters. The average Bonchev–Trinajstić information content (AvgIpc) is 2.99. The van der Waals surface area contributed by atoms with E-state index >= 15 is 0 Å². The van der Waals surface area contributed by atoms with E-state index in [0.717, 1.165) is 16.0 Å². The molecule has 0 spiro atoms. The lowest BCUT2D eigenvalue weighted by molar-refractivity contribution is -0.111. The van der Waals surface area contributed by atoms with Crippen molar-refractivity contribution >= 4 is 40.1 Å². The number of ether oxygens (including phenoxy) is 1. The molecular formula is C20H21FN4O3S. The van der Waals surface area contributed by atoms with Crippen molar-refractivity contribution in [1.82, 2.24) is 9.88 Å². The molecule has 2 aromatic rings. The van der Waals surface area contributed by atoms with Crippen LogP contribution in [-0.2, 0) is 22.4 Å². The number of nitrogens with zero attached hydrogens (tertiary/aromatic N) is 2. The summed E-state index contributed by atoms with van der Waals surface area (Å²) in [5.74, 6) is -0.277. The van der Waals surface area contributed by atoms with Crippen LogP contribution in [0.4, 0.5) is 19.9 Å². The van der Waals surface area contributed by atoms with Gasteiger partial charge in [-0.25, -0.2) is 9.18 Å². The number of hydrogen-bond acceptors (Lipinski definition) is 6. The Morgan fingerprint density at radius 1 is 1.41 bits per heavy atom. The van der Waals surface area contributed by atoms with Crippen LogP contribution in [0.1, 0.15) is 22.4 Å². The van der Waals surface area contributed by atoms with Crippen LogP contribution in [0.2, 0.25) is 0 Å². The molecule has 1 aliphatic heterocycles. The van der Waals surface area contributed by atoms with Crippen molar-refractivity contribution in [3.05, 3.63) is 46.6 Å². The highest BCUT2D eigenvalue weighted by Crippen LogP contribution is 2.40. The van der Waals surface area contributed by atoms with Crippen LogP contribution in [0.5, 0.6) is 0 Å². The Balaban J connectivity index is 1.36. The number of amides is 2. The van der Waals surface area contributed by atoms with E-state index in [9.17, 15) is 14.0 Å². The number of nitrogen functional groups attached to an aromatic ring is 1. The van der Waals surface area contributed by atoms with Gasteiger partial charge in [0.2, 0.25) is 5.91 Å². The van der Waals surface area contributed by atoms with Gasteiger partial charge in [-0.2, -0.15) is 0 Å². The van der Waals surface area contributed by atoms with Gasteiger partial charge in [-0.3, -0.25) is 9.78 Å². The molecule has 1 saturated heterocycles. The minimum absolute atomic E-state index is 0.103. The summed E-state index contributed by atoms with van der Waals surface area (Å²) in [4.78, 5) is 30.6. The van der Waals surface area contributed by atoms with Crippen molar-refractivity contribution in [2.45, 2.75) is 31.5 Å². The van der Waals surface area contributed by atoms with Gasteiger partial charge in [0, 0.05) is 29.8 Å². The summed E-state index contributed by atoms with van der Waals surface area (Å²) in [7, 11) is 0. The molecule has 1 unspecified atom stereocenters. The topological polar surface area (TPSA) is 97.5 Å². The van der Waals surface area contributed by atoms with E-state index in [1.807, 2.05) is 6.07 Å². The zero-order valence-electron chi connectivity index (χ0n) is 15.6. The van der Waals surface area contributed by atoms with Crippen molar-refractivity contribution in [1.29, 1.82) is 0 Å². The maximum atomic E-state index is 12.9. The number of nitrogens with one attached hydrogen (secondary N) is 1. The first kappa shape index (κ1) is 19.4. The summed E-state index contributed by atoms with van der Waals surface area (Å²) in [6, 6.07) is 3.65. The minimum Gasteiger partial charge on any atom is -0.446 e. The summed E-state index contributed by atoms with van der Waals surface area (Å²) in [6.45, 7) is 0.205. The lowest BCUT2D eigenvalue weighted by Crippen LogP contribution is -2.52. The number of fused-ring (bicyclic) bond motifs is 1. The summed E-state index contributed by atoms with van der Waals surface area (Å²) in [5, 5.41) is 3.43. The number of thiophene rings is 1. The number of pyridine rings is 1. The SMILES string of the molecule is Nc1c(NC(=O)/C=C/c2cccnc2)sc2c1CCC(OC(=O)N1CC(F)C1)C2. The standard InChI is InChI=1S/C20H21FN4O3S/c21-13-10-25(11-13)20(27)28-14-4-5-15-16(8-14)29-19(18(15)22)24-17(26)6-3-12-2-1-7-23-9-12/h1-3,6-7,9,13-14H,4-5,8,10-11,22H2,(H,24,26)/b6-3+. The molecule has 3 heterocycles. The van der Waals surface area contributed by atoms with Crippen molar-refractivity contribution in [3.63, 3.8) is 0 Å². The van der Waals surface area contributed by atoms with E-state index in [4.69, 9.17) is 10.5 Å². The van der Waals surface area contributed by atoms with Crippen molar-refractivity contribution in [2.75, 3.05) is 24.1 Å². The number of halogens is 1. The molecule has 3 N–H and O–H groups in total. The van der Waals surface area contributed by atoms with Gasteiger partial charge in [0.15, 0.2) is 0 Å². The molecule has 7 nitrogen and oxygen atoms in total. The van der Waals surface area contributed by atoms with E-state index in [1.54, 1.807) is 24.5 Å². The highest BCUT2D eigenvalue weighted by Gasteiger charge is 2.34. The normalized spacial score (nSPS) is 18.9. The second kappa shape index (κ2) is 8.20. The fourth-order valence-electron chi connectivity index (χ4n) is 3.36. The van der Waals surface area contributed by atoms with Gasteiger partial charge in [-0.1, -0.05) is 6.07 Å². The molecule has 2 amide bonds. The molecule has 0 saturated carbocycles. The van der Waals surface area contributed by atoms with Crippen LogP contribution >= 0.6 is 11.3 Å². The van der Waals surface area contributed by atoms with Crippen molar-refractivity contribution < 1.29 is 18.7 Å². The zero-order chi connectivity index (χ0) is 20.4. The summed E-state index contributed by atoms with van der Waals surface area (Å²) in [5.41, 5.74) is 8.62. The van der Waals surface area contributed by atoms with E-state index < -0.39 is 12.3 Å². The predicted molar refractivity (Wildman–Crippen MR) is 109 cm³/mol. The smallest absolute Gasteiger partial charge is 0.410 e. The molecule has 2 aliphatic rings. The third-order valence-electron chi connectivity index (χ3n) is 4.97. The second-order valence-corrected chi connectivity index (χ2v) is 8.21. The summed E-state index contributed by atoms with van der Waals surface area (Å²) < 4.78 is 18.4. The minimum atomic E-state index is -0.948. The van der Waals surface area contributed by atoms with Gasteiger partial charge >= 0.3 is 6.09 Å². The molecule has 1 aliphatic carbocycles. The number of carbonyl (C=O) groups is 2. The molecule has 0 radical (unpaired) electrons. The highest BCUT2D eigenvalue weighted by molar-refractivity contribution is 7.17. The monoisotopic (exact) mass is 416 g/mol. The number of likely N-dealkylation sites (tertiary alicyclic amines) is 1. The molecule has 29 heavy (non-hydrogen) atoms. The van der Waals surface area contributed by atoms with Gasteiger partial charge in [0.1, 0.15) is 17.3 Å². The van der Waals surface area contributed by atoms with Crippen LogP contribution in [0.15, 0.2) is 30.6 Å². The molecule has 1 fully saturated rings. The van der Waals surface area contributed by atoms with Crippen molar-refractivity contribution in [3.8, 4) is 0 Å². The summed E-state index contributed by atoms with van der Waals surface area (Å²) >= 11 is 1.40. The molecule has 9 heteroatoms. The maximum absolute atomic E-state index is 12.9. The van der Waals surface area contributed by atoms with Gasteiger partial charge in [-0.15, -0.1) is 11.3 Å². The van der Waals surface area contributed by atoms with Crippen molar-refractivity contribution in [2.24, 2.45) is 0 Å². The van der Waals surface area contributed by atoms with Crippen LogP contribution in [0.25, 0.3) is 6.08 Å². The van der Waals surface area contributed by atoms with Gasteiger partial charge in [-0.05, 0) is 36.1 Å². The number of rotatable bonds is 4. The van der Waals surface area contributed by atoms with Gasteiger partial charge in [0.25, 0.3) is 0 Å². The van der Waals surface area contributed by atoms with Gasteiger partial charge < -0.3 is 20.7 Å². The van der Waals surface area contributed by atoms with Crippen LogP contribution in [0, 0.1) is 0 Å². The number of carbonyl (C=O) groups excluding carboxylic acids is 2. The third kappa shape index (κ3) is 4.40. The first-order valence-electron chi connectivity index (χ1n) is 9.38. The summed E-state index contributed by atoms with van der Waals surface area (Å²) in [6.07, 6.45) is 6.64. The lowest BCUT2D eigenvalue weighted by Gasteiger charge is -2.35. The average molecular weight is 416 g/mol. The Morgan fingerprint density at radius 2 is 2.24 bits per heavy atom. The van der Waals surface area contributed by atoms with E-state index in [1.165, 1.54) is 22.3 Å². The molecule has 2 aromatic heterocycles. The van der Waals surface area contributed by atoms with Crippen LogP contribution in [0.3, 0.4) is 0 Å². The quantitative estimate of drug-likeness (QED) is 0.747. The van der Waals surface area contributed by atoms with Gasteiger partial charge in [0.05, 0.1) is 18.8 Å². The molecule has 0 aromatic carbocycles. The Kier molecular flexibility index (Phi) is 5.48. The predicted octanol–water partition coefficient (Wildman–Crippen LogP) is 3.02. The molecule has 4 rings (SSSR count). The maximum Gasteiger partial charge on any atom is 0.410 e. The largest absolute Gasteiger partial charge is 0.446 e. The fraction of sp³-hybridized carbons (Fsp3) is 0.350. The second-order valence-electron chi connectivity index (χ2n) is 7.11. The first-order chi connectivity index (χ1) is 14.0. The fourth-order valence-corrected chi connectivity index (χ4v) is 4.60. The number of anilines is 2. The zero-order valence-corrected chi connectivity index (χ0v) is 16.5. The lowest BCUT2D eigenvalue weighted by atomic mass is 9.95. The van der Waals surface area contributed by atoms with E-state index in [0.29, 0.717) is 30.0 Å². The Bertz CT molecular complexity index is 941. The molecular weight excluding hydrogens is 395 g/mol. The Hall–Kier alpha value is -2.94. The van der Waals surface area contributed by atoms with Crippen LogP contribution < -0.4 is 11.1 Å².